The highest BCUT2D eigenvalue weighted by Crippen LogP contribution is 2.34. The largest absolute Gasteiger partial charge is 0.508 e. The number of methoxy groups -OCH3 is 2. The van der Waals surface area contributed by atoms with Crippen LogP contribution in [0.15, 0.2) is 72.8 Å². The number of aryl methyl sites for hydroxylation is 1. The Hall–Kier alpha value is -4.00. The van der Waals surface area contributed by atoms with Crippen LogP contribution in [0.4, 0.5) is 0 Å². The molecule has 1 aliphatic carbocycles. The normalized spacial score (nSPS) is 13.5. The van der Waals surface area contributed by atoms with E-state index in [0.717, 1.165) is 35.3 Å². The lowest BCUT2D eigenvalue weighted by molar-refractivity contribution is -0.141. The van der Waals surface area contributed by atoms with Gasteiger partial charge in [-0.15, -0.1) is 0 Å². The third-order valence-electron chi connectivity index (χ3n) is 6.65. The molecule has 3 aromatic rings. The molecule has 1 unspecified atom stereocenters. The first kappa shape index (κ1) is 26.1. The van der Waals surface area contributed by atoms with Crippen molar-refractivity contribution in [2.45, 2.75) is 38.3 Å². The molecule has 0 spiro atoms. The summed E-state index contributed by atoms with van der Waals surface area (Å²) in [6.07, 6.45) is 2.92. The fourth-order valence-electron chi connectivity index (χ4n) is 4.28. The van der Waals surface area contributed by atoms with Gasteiger partial charge in [-0.1, -0.05) is 36.4 Å². The van der Waals surface area contributed by atoms with Crippen LogP contribution in [0.3, 0.4) is 0 Å². The van der Waals surface area contributed by atoms with E-state index in [9.17, 15) is 14.7 Å². The van der Waals surface area contributed by atoms with Crippen molar-refractivity contribution < 1.29 is 24.2 Å². The Morgan fingerprint density at radius 3 is 2.03 bits per heavy atom. The number of rotatable bonds is 12. The van der Waals surface area contributed by atoms with Crippen molar-refractivity contribution in [1.29, 1.82) is 0 Å². The number of phenols is 1. The maximum atomic E-state index is 13.7. The molecule has 0 radical (unpaired) electrons. The molecule has 0 aromatic heterocycles. The number of hydrogen-bond acceptors (Lipinski definition) is 5. The van der Waals surface area contributed by atoms with Crippen LogP contribution in [-0.4, -0.2) is 42.6 Å². The molecular weight excluding hydrogens is 468 g/mol. The molecule has 0 heterocycles. The summed E-state index contributed by atoms with van der Waals surface area (Å²) in [5.74, 6) is 1.75. The average Bonchev–Trinajstić information content (AvgIpc) is 3.76. The highest BCUT2D eigenvalue weighted by Gasteiger charge is 2.35. The van der Waals surface area contributed by atoms with E-state index in [1.54, 1.807) is 31.3 Å². The van der Waals surface area contributed by atoms with Gasteiger partial charge in [-0.3, -0.25) is 9.59 Å². The molecule has 2 amide bonds. The second-order valence-corrected chi connectivity index (χ2v) is 9.40. The van der Waals surface area contributed by atoms with Gasteiger partial charge in [0.25, 0.3) is 0 Å². The van der Waals surface area contributed by atoms with Crippen LogP contribution >= 0.6 is 0 Å². The van der Waals surface area contributed by atoms with Crippen LogP contribution in [0.5, 0.6) is 17.2 Å². The van der Waals surface area contributed by atoms with Gasteiger partial charge < -0.3 is 24.8 Å². The van der Waals surface area contributed by atoms with Gasteiger partial charge in [-0.2, -0.15) is 0 Å². The van der Waals surface area contributed by atoms with E-state index in [1.807, 2.05) is 60.7 Å². The number of nitrogens with zero attached hydrogens (tertiary/aromatic N) is 1. The number of nitrogens with one attached hydrogen (secondary N) is 1. The maximum Gasteiger partial charge on any atom is 0.247 e. The number of ether oxygens (including phenoxy) is 2. The monoisotopic (exact) mass is 502 g/mol. The Morgan fingerprint density at radius 2 is 1.46 bits per heavy atom. The minimum Gasteiger partial charge on any atom is -0.508 e. The highest BCUT2D eigenvalue weighted by atomic mass is 16.5. The Labute approximate surface area is 218 Å². The van der Waals surface area contributed by atoms with Crippen molar-refractivity contribution in [1.82, 2.24) is 10.2 Å². The van der Waals surface area contributed by atoms with E-state index in [4.69, 9.17) is 9.47 Å². The van der Waals surface area contributed by atoms with Crippen molar-refractivity contribution in [3.05, 3.63) is 89.5 Å². The smallest absolute Gasteiger partial charge is 0.247 e. The standard InChI is InChI=1S/C30H34N2O5/c1-36-26-14-7-22(8-15-26)19-31-30(35)29(24-10-16-27(37-2)17-11-24)32(20-23-3-4-23)28(34)18-9-21-5-12-25(33)13-6-21/h5-8,10-17,23,29,33H,3-4,9,18-20H2,1-2H3,(H,31,35). The minimum atomic E-state index is -0.753. The van der Waals surface area contributed by atoms with Crippen molar-refractivity contribution in [3.8, 4) is 17.2 Å². The van der Waals surface area contributed by atoms with Crippen molar-refractivity contribution >= 4 is 11.8 Å². The maximum absolute atomic E-state index is 13.7. The van der Waals surface area contributed by atoms with Gasteiger partial charge in [-0.05, 0) is 78.3 Å². The zero-order valence-electron chi connectivity index (χ0n) is 21.4. The first-order valence-corrected chi connectivity index (χ1v) is 12.6. The van der Waals surface area contributed by atoms with Crippen LogP contribution in [-0.2, 0) is 22.6 Å². The molecule has 3 aromatic carbocycles. The number of benzene rings is 3. The predicted molar refractivity (Wildman–Crippen MR) is 141 cm³/mol. The first-order chi connectivity index (χ1) is 18.0. The van der Waals surface area contributed by atoms with E-state index >= 15 is 0 Å². The van der Waals surface area contributed by atoms with E-state index in [-0.39, 0.29) is 24.0 Å². The van der Waals surface area contributed by atoms with Crippen LogP contribution in [0.2, 0.25) is 0 Å². The Kier molecular flexibility index (Phi) is 8.67. The number of phenolic OH excluding ortho intramolecular Hbond substituents is 1. The molecule has 1 aliphatic rings. The van der Waals surface area contributed by atoms with Crippen LogP contribution in [0.1, 0.15) is 42.0 Å². The summed E-state index contributed by atoms with van der Waals surface area (Å²) in [5.41, 5.74) is 2.64. The van der Waals surface area contributed by atoms with Gasteiger partial charge in [0.1, 0.15) is 23.3 Å². The van der Waals surface area contributed by atoms with Gasteiger partial charge >= 0.3 is 0 Å². The third-order valence-corrected chi connectivity index (χ3v) is 6.65. The molecule has 7 nitrogen and oxygen atoms in total. The quantitative estimate of drug-likeness (QED) is 0.377. The molecule has 1 atom stereocenters. The zero-order valence-corrected chi connectivity index (χ0v) is 21.4. The molecule has 2 N–H and O–H groups in total. The second kappa shape index (κ2) is 12.3. The van der Waals surface area contributed by atoms with Crippen LogP contribution in [0.25, 0.3) is 0 Å². The fraction of sp³-hybridized carbons (Fsp3) is 0.333. The summed E-state index contributed by atoms with van der Waals surface area (Å²) in [7, 11) is 3.21. The lowest BCUT2D eigenvalue weighted by Crippen LogP contribution is -2.44. The average molecular weight is 503 g/mol. The summed E-state index contributed by atoms with van der Waals surface area (Å²) in [4.78, 5) is 29.0. The van der Waals surface area contributed by atoms with Crippen LogP contribution < -0.4 is 14.8 Å². The van der Waals surface area contributed by atoms with E-state index in [0.29, 0.717) is 31.2 Å². The third kappa shape index (κ3) is 7.26. The molecule has 0 bridgehead atoms. The molecule has 1 fully saturated rings. The molecular formula is C30H34N2O5. The Bertz CT molecular complexity index is 1170. The number of carbonyl (C=O) groups is 2. The SMILES string of the molecule is COc1ccc(CNC(=O)C(c2ccc(OC)cc2)N(CC2CC2)C(=O)CCc2ccc(O)cc2)cc1. The molecule has 1 saturated carbocycles. The Morgan fingerprint density at radius 1 is 0.892 bits per heavy atom. The minimum absolute atomic E-state index is 0.0691. The lowest BCUT2D eigenvalue weighted by Gasteiger charge is -2.32. The van der Waals surface area contributed by atoms with Crippen LogP contribution in [0, 0.1) is 5.92 Å². The summed E-state index contributed by atoms with van der Waals surface area (Å²) >= 11 is 0. The molecule has 37 heavy (non-hydrogen) atoms. The number of carbonyl (C=O) groups excluding carboxylic acids is 2. The fourth-order valence-corrected chi connectivity index (χ4v) is 4.28. The number of hydrogen-bond donors (Lipinski definition) is 2. The van der Waals surface area contributed by atoms with E-state index < -0.39 is 6.04 Å². The summed E-state index contributed by atoms with van der Waals surface area (Å²) in [6, 6.07) is 21.0. The van der Waals surface area contributed by atoms with Gasteiger partial charge in [0.15, 0.2) is 0 Å². The van der Waals surface area contributed by atoms with Gasteiger partial charge in [-0.25, -0.2) is 0 Å². The highest BCUT2D eigenvalue weighted by molar-refractivity contribution is 5.89. The summed E-state index contributed by atoms with van der Waals surface area (Å²) < 4.78 is 10.5. The topological polar surface area (TPSA) is 88.1 Å². The van der Waals surface area contributed by atoms with Gasteiger partial charge in [0, 0.05) is 19.5 Å². The summed E-state index contributed by atoms with van der Waals surface area (Å²) in [6.45, 7) is 0.884. The molecule has 194 valence electrons. The van der Waals surface area contributed by atoms with E-state index in [1.165, 1.54) is 0 Å². The van der Waals surface area contributed by atoms with Crippen molar-refractivity contribution in [2.24, 2.45) is 5.92 Å². The van der Waals surface area contributed by atoms with Gasteiger partial charge in [0.05, 0.1) is 14.2 Å². The van der Waals surface area contributed by atoms with Gasteiger partial charge in [0.2, 0.25) is 11.8 Å². The molecule has 4 rings (SSSR count). The van der Waals surface area contributed by atoms with Crippen molar-refractivity contribution in [3.63, 3.8) is 0 Å². The number of aromatic hydroxyl groups is 1. The van der Waals surface area contributed by atoms with Crippen molar-refractivity contribution in [2.75, 3.05) is 20.8 Å². The molecule has 0 aliphatic heterocycles. The first-order valence-electron chi connectivity index (χ1n) is 12.6. The lowest BCUT2D eigenvalue weighted by atomic mass is 10.0. The molecule has 7 heteroatoms. The second-order valence-electron chi connectivity index (χ2n) is 9.40. The zero-order chi connectivity index (χ0) is 26.2. The Balaban J connectivity index is 1.55. The molecule has 0 saturated heterocycles. The van der Waals surface area contributed by atoms with E-state index in [2.05, 4.69) is 5.32 Å². The number of amides is 2. The predicted octanol–water partition coefficient (Wildman–Crippen LogP) is 4.64. The summed E-state index contributed by atoms with van der Waals surface area (Å²) in [5, 5.41) is 12.6.